The Balaban J connectivity index is 1.56. The van der Waals surface area contributed by atoms with Crippen LogP contribution >= 0.6 is 0 Å². The number of fused-ring (bicyclic) bond motifs is 3. The largest absolute Gasteiger partial charge is 0.494 e. The van der Waals surface area contributed by atoms with E-state index in [1.807, 2.05) is 6.20 Å². The van der Waals surface area contributed by atoms with Crippen LogP contribution in [-0.4, -0.2) is 42.1 Å². The van der Waals surface area contributed by atoms with E-state index in [9.17, 15) is 0 Å². The fraction of sp³-hybridized carbons (Fsp3) is 0.345. The summed E-state index contributed by atoms with van der Waals surface area (Å²) in [5, 5.41) is 2.41. The number of nitrogens with zero attached hydrogens (tertiary/aromatic N) is 2. The smallest absolute Gasteiger partial charge is 0.138 e. The van der Waals surface area contributed by atoms with Gasteiger partial charge in [-0.05, 0) is 80.4 Å². The lowest BCUT2D eigenvalue weighted by Gasteiger charge is -2.11. The minimum Gasteiger partial charge on any atom is -0.494 e. The topological polar surface area (TPSA) is 41.1 Å². The maximum atomic E-state index is 5.89. The van der Waals surface area contributed by atoms with Crippen molar-refractivity contribution in [2.45, 2.75) is 39.0 Å². The molecule has 0 aliphatic heterocycles. The molecule has 0 bridgehead atoms. The van der Waals surface area contributed by atoms with Crippen molar-refractivity contribution in [3.63, 3.8) is 0 Å². The Hall–Kier alpha value is -3.11. The molecular formula is C29H35N3O. The van der Waals surface area contributed by atoms with Crippen molar-refractivity contribution in [3.8, 4) is 16.9 Å². The molecule has 0 aliphatic carbocycles. The Kier molecular flexibility index (Phi) is 7.79. The molecule has 2 heterocycles. The second-order valence-corrected chi connectivity index (χ2v) is 8.94. The summed E-state index contributed by atoms with van der Waals surface area (Å²) >= 11 is 0. The number of benzene rings is 2. The third kappa shape index (κ3) is 5.82. The first-order valence-electron chi connectivity index (χ1n) is 12.1. The number of rotatable bonds is 11. The molecule has 0 atom stereocenters. The molecule has 0 unspecified atom stereocenters. The van der Waals surface area contributed by atoms with Crippen molar-refractivity contribution < 1.29 is 4.74 Å². The maximum Gasteiger partial charge on any atom is 0.138 e. The van der Waals surface area contributed by atoms with Gasteiger partial charge in [-0.25, -0.2) is 4.98 Å². The minimum absolute atomic E-state index is 0.737. The van der Waals surface area contributed by atoms with E-state index in [0.717, 1.165) is 42.9 Å². The highest BCUT2D eigenvalue weighted by molar-refractivity contribution is 6.10. The number of hydrogen-bond donors (Lipinski definition) is 1. The lowest BCUT2D eigenvalue weighted by atomic mass is 10.0. The van der Waals surface area contributed by atoms with Gasteiger partial charge in [0, 0.05) is 29.0 Å². The lowest BCUT2D eigenvalue weighted by Crippen LogP contribution is -2.15. The first kappa shape index (κ1) is 23.1. The van der Waals surface area contributed by atoms with Gasteiger partial charge in [0.05, 0.1) is 6.61 Å². The molecule has 4 nitrogen and oxygen atoms in total. The van der Waals surface area contributed by atoms with Gasteiger partial charge >= 0.3 is 0 Å². The molecular weight excluding hydrogens is 406 g/mol. The molecule has 0 aliphatic rings. The van der Waals surface area contributed by atoms with Gasteiger partial charge in [0.1, 0.15) is 11.4 Å². The number of allylic oxidation sites excluding steroid dienone is 1. The van der Waals surface area contributed by atoms with E-state index >= 15 is 0 Å². The van der Waals surface area contributed by atoms with Crippen LogP contribution in [-0.2, 0) is 0 Å². The number of ether oxygens (including phenoxy) is 1. The van der Waals surface area contributed by atoms with Gasteiger partial charge in [-0.1, -0.05) is 50.1 Å². The Morgan fingerprint density at radius 1 is 0.970 bits per heavy atom. The van der Waals surface area contributed by atoms with Crippen molar-refractivity contribution in [2.24, 2.45) is 0 Å². The van der Waals surface area contributed by atoms with Gasteiger partial charge in [0.15, 0.2) is 0 Å². The standard InChI is InChI=1S/C29H35N3O/c1-4-5-6-7-8-10-23-17-18-30-29-28(23)26-21-24(13-16-27(26)31-29)22-11-14-25(15-12-22)33-20-9-19-32(2)3/h8,10-18,21H,4-7,9,19-20H2,1-3H3,(H,30,31). The summed E-state index contributed by atoms with van der Waals surface area (Å²) in [5.74, 6) is 0.922. The van der Waals surface area contributed by atoms with Crippen LogP contribution in [0.4, 0.5) is 0 Å². The SMILES string of the molecule is CCCCCC=Cc1ccnc2[nH]c3ccc(-c4ccc(OCCCN(C)C)cc4)cc3c12. The number of pyridine rings is 1. The molecule has 0 saturated carbocycles. The fourth-order valence-electron chi connectivity index (χ4n) is 4.20. The van der Waals surface area contributed by atoms with Crippen LogP contribution in [0.2, 0.25) is 0 Å². The van der Waals surface area contributed by atoms with E-state index in [2.05, 4.69) is 96.6 Å². The maximum absolute atomic E-state index is 5.89. The number of H-pyrrole nitrogens is 1. The Morgan fingerprint density at radius 2 is 1.79 bits per heavy atom. The van der Waals surface area contributed by atoms with E-state index in [1.165, 1.54) is 46.7 Å². The molecule has 33 heavy (non-hydrogen) atoms. The Labute approximate surface area is 197 Å². The first-order chi connectivity index (χ1) is 16.2. The van der Waals surface area contributed by atoms with Crippen LogP contribution < -0.4 is 4.74 Å². The average Bonchev–Trinajstić information content (AvgIpc) is 3.20. The quantitative estimate of drug-likeness (QED) is 0.248. The molecule has 1 N–H and O–H groups in total. The molecule has 2 aromatic heterocycles. The molecule has 0 amide bonds. The van der Waals surface area contributed by atoms with Gasteiger partial charge < -0.3 is 14.6 Å². The zero-order valence-corrected chi connectivity index (χ0v) is 20.1. The Morgan fingerprint density at radius 3 is 2.58 bits per heavy atom. The minimum atomic E-state index is 0.737. The normalized spacial score (nSPS) is 11.9. The molecule has 4 aromatic rings. The lowest BCUT2D eigenvalue weighted by molar-refractivity contribution is 0.281. The third-order valence-corrected chi connectivity index (χ3v) is 6.00. The van der Waals surface area contributed by atoms with E-state index in [-0.39, 0.29) is 0 Å². The molecule has 4 rings (SSSR count). The van der Waals surface area contributed by atoms with Crippen molar-refractivity contribution in [3.05, 3.63) is 66.4 Å². The van der Waals surface area contributed by atoms with Crippen molar-refractivity contribution >= 4 is 28.0 Å². The number of unbranched alkanes of at least 4 members (excludes halogenated alkanes) is 3. The number of hydrogen-bond acceptors (Lipinski definition) is 3. The predicted octanol–water partition coefficient (Wildman–Crippen LogP) is 7.31. The van der Waals surface area contributed by atoms with E-state index in [1.54, 1.807) is 0 Å². The average molecular weight is 442 g/mol. The van der Waals surface area contributed by atoms with Crippen LogP contribution in [0.15, 0.2) is 60.8 Å². The molecule has 0 spiro atoms. The van der Waals surface area contributed by atoms with E-state index < -0.39 is 0 Å². The summed E-state index contributed by atoms with van der Waals surface area (Å²) in [7, 11) is 4.17. The molecule has 0 fully saturated rings. The summed E-state index contributed by atoms with van der Waals surface area (Å²) in [6.07, 6.45) is 12.4. The highest BCUT2D eigenvalue weighted by Crippen LogP contribution is 2.32. The second-order valence-electron chi connectivity index (χ2n) is 8.94. The number of aromatic amines is 1. The number of nitrogens with one attached hydrogen (secondary N) is 1. The van der Waals surface area contributed by atoms with Gasteiger partial charge in [-0.3, -0.25) is 0 Å². The van der Waals surface area contributed by atoms with E-state index in [0.29, 0.717) is 0 Å². The molecule has 4 heteroatoms. The summed E-state index contributed by atoms with van der Waals surface area (Å²) in [6.45, 7) is 4.01. The highest BCUT2D eigenvalue weighted by atomic mass is 16.5. The molecule has 0 saturated heterocycles. The summed E-state index contributed by atoms with van der Waals surface area (Å²) in [4.78, 5) is 10.3. The van der Waals surface area contributed by atoms with Gasteiger partial charge in [-0.15, -0.1) is 0 Å². The first-order valence-corrected chi connectivity index (χ1v) is 12.1. The number of aromatic nitrogens is 2. The van der Waals surface area contributed by atoms with Crippen molar-refractivity contribution in [1.29, 1.82) is 0 Å². The molecule has 172 valence electrons. The Bertz CT molecular complexity index is 1200. The molecule has 0 radical (unpaired) electrons. The highest BCUT2D eigenvalue weighted by Gasteiger charge is 2.10. The zero-order valence-electron chi connectivity index (χ0n) is 20.1. The summed E-state index contributed by atoms with van der Waals surface area (Å²) in [6, 6.07) is 17.1. The third-order valence-electron chi connectivity index (χ3n) is 6.00. The molecule has 2 aromatic carbocycles. The van der Waals surface area contributed by atoms with Crippen LogP contribution in [0.5, 0.6) is 5.75 Å². The monoisotopic (exact) mass is 441 g/mol. The fourth-order valence-corrected chi connectivity index (χ4v) is 4.20. The second kappa shape index (κ2) is 11.2. The van der Waals surface area contributed by atoms with Gasteiger partial charge in [0.25, 0.3) is 0 Å². The zero-order chi connectivity index (χ0) is 23.0. The van der Waals surface area contributed by atoms with E-state index in [4.69, 9.17) is 4.74 Å². The van der Waals surface area contributed by atoms with Crippen molar-refractivity contribution in [2.75, 3.05) is 27.2 Å². The summed E-state index contributed by atoms with van der Waals surface area (Å²) < 4.78 is 5.89. The van der Waals surface area contributed by atoms with Crippen LogP contribution in [0.25, 0.3) is 39.1 Å². The van der Waals surface area contributed by atoms with Crippen molar-refractivity contribution in [1.82, 2.24) is 14.9 Å². The predicted molar refractivity (Wildman–Crippen MR) is 141 cm³/mol. The van der Waals surface area contributed by atoms with Gasteiger partial charge in [-0.2, -0.15) is 0 Å². The van der Waals surface area contributed by atoms with Gasteiger partial charge in [0.2, 0.25) is 0 Å². The summed E-state index contributed by atoms with van der Waals surface area (Å²) in [5.41, 5.74) is 5.67. The van der Waals surface area contributed by atoms with Crippen LogP contribution in [0.1, 0.15) is 44.6 Å². The van der Waals surface area contributed by atoms with Crippen LogP contribution in [0.3, 0.4) is 0 Å². The van der Waals surface area contributed by atoms with Crippen LogP contribution in [0, 0.1) is 0 Å².